The Kier molecular flexibility index (Phi) is 4.53. The fourth-order valence-electron chi connectivity index (χ4n) is 3.58. The zero-order valence-electron chi connectivity index (χ0n) is 14.7. The summed E-state index contributed by atoms with van der Waals surface area (Å²) in [7, 11) is 0. The minimum atomic E-state index is -0.548. The summed E-state index contributed by atoms with van der Waals surface area (Å²) in [5.74, 6) is -0.526. The lowest BCUT2D eigenvalue weighted by Gasteiger charge is -2.26. The van der Waals surface area contributed by atoms with Crippen LogP contribution in [0, 0.1) is 5.92 Å². The van der Waals surface area contributed by atoms with Crippen molar-refractivity contribution in [1.82, 2.24) is 9.47 Å². The van der Waals surface area contributed by atoms with Crippen LogP contribution in [0.15, 0.2) is 27.4 Å². The van der Waals surface area contributed by atoms with Crippen molar-refractivity contribution < 1.29 is 14.0 Å². The van der Waals surface area contributed by atoms with Gasteiger partial charge in [-0.15, -0.1) is 0 Å². The van der Waals surface area contributed by atoms with Crippen LogP contribution in [0.4, 0.5) is 5.69 Å². The van der Waals surface area contributed by atoms with Crippen molar-refractivity contribution >= 4 is 28.6 Å². The van der Waals surface area contributed by atoms with E-state index in [1.165, 1.54) is 4.57 Å². The molecular weight excluding hydrogens is 334 g/mol. The average Bonchev–Trinajstić information content (AvgIpc) is 2.89. The second-order valence-corrected chi connectivity index (χ2v) is 7.20. The number of likely N-dealkylation sites (tertiary alicyclic amines) is 1. The number of hydrogen-bond acceptors (Lipinski definition) is 4. The van der Waals surface area contributed by atoms with E-state index in [1.807, 2.05) is 0 Å². The van der Waals surface area contributed by atoms with E-state index in [-0.39, 0.29) is 24.3 Å². The number of anilines is 1. The summed E-state index contributed by atoms with van der Waals surface area (Å²) in [5.41, 5.74) is 1.57. The smallest absolute Gasteiger partial charge is 0.408 e. The molecule has 1 aromatic carbocycles. The van der Waals surface area contributed by atoms with Crippen LogP contribution >= 0.6 is 0 Å². The topological polar surface area (TPSA) is 84.5 Å². The van der Waals surface area contributed by atoms with Crippen LogP contribution in [-0.2, 0) is 16.1 Å². The van der Waals surface area contributed by atoms with E-state index in [1.54, 1.807) is 23.1 Å². The van der Waals surface area contributed by atoms with Gasteiger partial charge in [-0.2, -0.15) is 0 Å². The van der Waals surface area contributed by atoms with Crippen LogP contribution < -0.4 is 11.1 Å². The molecule has 1 saturated heterocycles. The van der Waals surface area contributed by atoms with E-state index in [4.69, 9.17) is 4.42 Å². The summed E-state index contributed by atoms with van der Waals surface area (Å²) in [6.45, 7) is 1.45. The summed E-state index contributed by atoms with van der Waals surface area (Å²) in [6, 6.07) is 5.09. The largest absolute Gasteiger partial charge is 0.420 e. The second-order valence-electron chi connectivity index (χ2n) is 7.20. The first-order chi connectivity index (χ1) is 12.6. The second kappa shape index (κ2) is 6.97. The van der Waals surface area contributed by atoms with Gasteiger partial charge in [-0.3, -0.25) is 14.2 Å². The fourth-order valence-corrected chi connectivity index (χ4v) is 3.58. The van der Waals surface area contributed by atoms with Gasteiger partial charge in [0.05, 0.1) is 5.52 Å². The van der Waals surface area contributed by atoms with Crippen molar-refractivity contribution in [3.8, 4) is 0 Å². The Morgan fingerprint density at radius 1 is 1.12 bits per heavy atom. The standard InChI is InChI=1S/C19H23N3O4/c23-17(21-9-2-1-3-10-21)12-22-15-11-14(7-8-16(15)26-19(22)25)20-18(24)13-5-4-6-13/h7-8,11,13H,1-6,9-10,12H2,(H,20,24). The number of benzene rings is 1. The average molecular weight is 357 g/mol. The Morgan fingerprint density at radius 3 is 2.58 bits per heavy atom. The molecule has 2 amide bonds. The van der Waals surface area contributed by atoms with Gasteiger partial charge in [0.15, 0.2) is 5.58 Å². The molecule has 1 saturated carbocycles. The van der Waals surface area contributed by atoms with Gasteiger partial charge in [0, 0.05) is 24.7 Å². The summed E-state index contributed by atoms with van der Waals surface area (Å²) in [6.07, 6.45) is 6.09. The summed E-state index contributed by atoms with van der Waals surface area (Å²) in [5, 5.41) is 2.90. The maximum Gasteiger partial charge on any atom is 0.420 e. The molecular formula is C19H23N3O4. The maximum atomic E-state index is 12.5. The molecule has 2 heterocycles. The predicted molar refractivity (Wildman–Crippen MR) is 96.9 cm³/mol. The monoisotopic (exact) mass is 357 g/mol. The van der Waals surface area contributed by atoms with Gasteiger partial charge in [0.1, 0.15) is 6.54 Å². The van der Waals surface area contributed by atoms with Gasteiger partial charge >= 0.3 is 5.76 Å². The lowest BCUT2D eigenvalue weighted by atomic mass is 9.85. The van der Waals surface area contributed by atoms with Crippen LogP contribution in [0.3, 0.4) is 0 Å². The quantitative estimate of drug-likeness (QED) is 0.910. The van der Waals surface area contributed by atoms with Crippen molar-refractivity contribution in [2.24, 2.45) is 5.92 Å². The molecule has 0 radical (unpaired) electrons. The number of nitrogens with zero attached hydrogens (tertiary/aromatic N) is 2. The van der Waals surface area contributed by atoms with Crippen LogP contribution in [0.2, 0.25) is 0 Å². The molecule has 7 heteroatoms. The van der Waals surface area contributed by atoms with Crippen molar-refractivity contribution in [3.63, 3.8) is 0 Å². The third kappa shape index (κ3) is 3.25. The molecule has 0 unspecified atom stereocenters. The first-order valence-electron chi connectivity index (χ1n) is 9.34. The number of oxazole rings is 1. The molecule has 1 N–H and O–H groups in total. The Hall–Kier alpha value is -2.57. The Labute approximate surface area is 150 Å². The lowest BCUT2D eigenvalue weighted by molar-refractivity contribution is -0.132. The SMILES string of the molecule is O=C(Nc1ccc2oc(=O)n(CC(=O)N3CCCCC3)c2c1)C1CCC1. The number of aromatic nitrogens is 1. The summed E-state index contributed by atoms with van der Waals surface area (Å²) in [4.78, 5) is 38.7. The zero-order valence-corrected chi connectivity index (χ0v) is 14.7. The van der Waals surface area contributed by atoms with E-state index < -0.39 is 5.76 Å². The number of carbonyl (C=O) groups excluding carboxylic acids is 2. The number of piperidine rings is 1. The molecule has 0 spiro atoms. The minimum absolute atomic E-state index is 0.0115. The number of rotatable bonds is 4. The first kappa shape index (κ1) is 16.9. The highest BCUT2D eigenvalue weighted by molar-refractivity contribution is 5.94. The van der Waals surface area contributed by atoms with Gasteiger partial charge in [-0.1, -0.05) is 6.42 Å². The van der Waals surface area contributed by atoms with Gasteiger partial charge < -0.3 is 14.6 Å². The summed E-state index contributed by atoms with van der Waals surface area (Å²) < 4.78 is 6.60. The molecule has 0 atom stereocenters. The van der Waals surface area contributed by atoms with Crippen LogP contribution in [0.25, 0.3) is 11.1 Å². The molecule has 4 rings (SSSR count). The number of hydrogen-bond donors (Lipinski definition) is 1. The van der Waals surface area contributed by atoms with Crippen molar-refractivity contribution in [2.75, 3.05) is 18.4 Å². The third-order valence-electron chi connectivity index (χ3n) is 5.41. The highest BCUT2D eigenvalue weighted by Gasteiger charge is 2.25. The molecule has 2 fully saturated rings. The Morgan fingerprint density at radius 2 is 1.88 bits per heavy atom. The normalized spacial score (nSPS) is 17.9. The molecule has 1 aliphatic carbocycles. The van der Waals surface area contributed by atoms with E-state index in [2.05, 4.69) is 5.32 Å². The number of fused-ring (bicyclic) bond motifs is 1. The highest BCUT2D eigenvalue weighted by atomic mass is 16.4. The zero-order chi connectivity index (χ0) is 18.1. The lowest BCUT2D eigenvalue weighted by Crippen LogP contribution is -2.39. The molecule has 1 aromatic heterocycles. The van der Waals surface area contributed by atoms with Gasteiger partial charge in [0.25, 0.3) is 0 Å². The van der Waals surface area contributed by atoms with Crippen molar-refractivity contribution in [2.45, 2.75) is 45.1 Å². The molecule has 1 aliphatic heterocycles. The fraction of sp³-hybridized carbons (Fsp3) is 0.526. The molecule has 138 valence electrons. The van der Waals surface area contributed by atoms with Crippen molar-refractivity contribution in [1.29, 1.82) is 0 Å². The van der Waals surface area contributed by atoms with Crippen LogP contribution in [0.5, 0.6) is 0 Å². The van der Waals surface area contributed by atoms with Gasteiger partial charge in [-0.25, -0.2) is 4.79 Å². The molecule has 2 aliphatic rings. The van der Waals surface area contributed by atoms with Crippen molar-refractivity contribution in [3.05, 3.63) is 28.7 Å². The Bertz CT molecular complexity index is 888. The molecule has 7 nitrogen and oxygen atoms in total. The third-order valence-corrected chi connectivity index (χ3v) is 5.41. The minimum Gasteiger partial charge on any atom is -0.408 e. The molecule has 2 aromatic rings. The van der Waals surface area contributed by atoms with E-state index in [9.17, 15) is 14.4 Å². The Balaban J connectivity index is 1.56. The summed E-state index contributed by atoms with van der Waals surface area (Å²) >= 11 is 0. The van der Waals surface area contributed by atoms with Gasteiger partial charge in [-0.05, 0) is 50.3 Å². The maximum absolute atomic E-state index is 12.5. The van der Waals surface area contributed by atoms with Crippen LogP contribution in [0.1, 0.15) is 38.5 Å². The van der Waals surface area contributed by atoms with Gasteiger partial charge in [0.2, 0.25) is 11.8 Å². The molecule has 26 heavy (non-hydrogen) atoms. The van der Waals surface area contributed by atoms with E-state index in [0.717, 1.165) is 51.6 Å². The number of carbonyl (C=O) groups is 2. The van der Waals surface area contributed by atoms with Crippen LogP contribution in [-0.4, -0.2) is 34.4 Å². The molecule has 0 bridgehead atoms. The van der Waals surface area contributed by atoms with E-state index in [0.29, 0.717) is 16.8 Å². The predicted octanol–water partition coefficient (Wildman–Crippen LogP) is 2.35. The number of amides is 2. The highest BCUT2D eigenvalue weighted by Crippen LogP contribution is 2.28. The van der Waals surface area contributed by atoms with E-state index >= 15 is 0 Å². The first-order valence-corrected chi connectivity index (χ1v) is 9.34. The number of nitrogens with one attached hydrogen (secondary N) is 1.